The molecule has 21 heavy (non-hydrogen) atoms. The van der Waals surface area contributed by atoms with Crippen LogP contribution in [-0.4, -0.2) is 18.3 Å². The minimum atomic E-state index is -4.43. The van der Waals surface area contributed by atoms with Crippen LogP contribution < -0.4 is 10.5 Å². The van der Waals surface area contributed by atoms with E-state index in [9.17, 15) is 13.2 Å². The molecule has 1 fully saturated rings. The Balaban J connectivity index is 2.17. The second kappa shape index (κ2) is 6.23. The standard InChI is InChI=1S/C15H20F3NO2/c1-9-5-13(6-10(2)20-9)21-12-4-3-11(8-19)14(7-12)15(16,17)18/h3-4,7,9-10,13H,5-6,8,19H2,1-2H3. The fourth-order valence-electron chi connectivity index (χ4n) is 2.70. The lowest BCUT2D eigenvalue weighted by molar-refractivity contribution is -0.138. The molecule has 0 radical (unpaired) electrons. The minimum Gasteiger partial charge on any atom is -0.490 e. The number of ether oxygens (including phenoxy) is 2. The molecule has 3 nitrogen and oxygen atoms in total. The van der Waals surface area contributed by atoms with Crippen LogP contribution in [0.1, 0.15) is 37.8 Å². The maximum Gasteiger partial charge on any atom is 0.416 e. The summed E-state index contributed by atoms with van der Waals surface area (Å²) in [6.45, 7) is 3.72. The van der Waals surface area contributed by atoms with E-state index in [1.165, 1.54) is 6.07 Å². The molecule has 0 amide bonds. The highest BCUT2D eigenvalue weighted by molar-refractivity contribution is 5.37. The number of hydrogen-bond donors (Lipinski definition) is 1. The van der Waals surface area contributed by atoms with E-state index in [1.807, 2.05) is 13.8 Å². The van der Waals surface area contributed by atoms with Gasteiger partial charge in [-0.15, -0.1) is 0 Å². The molecule has 1 aliphatic heterocycles. The number of halogens is 3. The summed E-state index contributed by atoms with van der Waals surface area (Å²) >= 11 is 0. The lowest BCUT2D eigenvalue weighted by Crippen LogP contribution is -2.35. The molecule has 6 heteroatoms. The Bertz CT molecular complexity index is 480. The van der Waals surface area contributed by atoms with E-state index in [2.05, 4.69) is 0 Å². The predicted octanol–water partition coefficient (Wildman–Crippen LogP) is 3.50. The summed E-state index contributed by atoms with van der Waals surface area (Å²) in [6, 6.07) is 3.96. The smallest absolute Gasteiger partial charge is 0.416 e. The zero-order valence-corrected chi connectivity index (χ0v) is 12.1. The third kappa shape index (κ3) is 4.11. The SMILES string of the molecule is CC1CC(Oc2ccc(CN)c(C(F)(F)F)c2)CC(C)O1. The second-order valence-corrected chi connectivity index (χ2v) is 5.49. The van der Waals surface area contributed by atoms with Gasteiger partial charge in [-0.05, 0) is 31.5 Å². The number of alkyl halides is 3. The van der Waals surface area contributed by atoms with Crippen LogP contribution in [0.3, 0.4) is 0 Å². The Morgan fingerprint density at radius 3 is 2.38 bits per heavy atom. The summed E-state index contributed by atoms with van der Waals surface area (Å²) in [6.07, 6.45) is -3.12. The average molecular weight is 303 g/mol. The molecule has 0 aliphatic carbocycles. The highest BCUT2D eigenvalue weighted by atomic mass is 19.4. The Morgan fingerprint density at radius 1 is 1.24 bits per heavy atom. The van der Waals surface area contributed by atoms with Gasteiger partial charge in [0.25, 0.3) is 0 Å². The van der Waals surface area contributed by atoms with Gasteiger partial charge in [0, 0.05) is 19.4 Å². The first-order valence-electron chi connectivity index (χ1n) is 7.02. The summed E-state index contributed by atoms with van der Waals surface area (Å²) in [5, 5.41) is 0. The average Bonchev–Trinajstić information content (AvgIpc) is 2.36. The predicted molar refractivity (Wildman–Crippen MR) is 73.0 cm³/mol. The largest absolute Gasteiger partial charge is 0.490 e. The summed E-state index contributed by atoms with van der Waals surface area (Å²) in [5.41, 5.74) is 4.71. The second-order valence-electron chi connectivity index (χ2n) is 5.49. The van der Waals surface area contributed by atoms with Gasteiger partial charge in [0.15, 0.2) is 0 Å². The van der Waals surface area contributed by atoms with E-state index < -0.39 is 11.7 Å². The molecule has 0 bridgehead atoms. The van der Waals surface area contributed by atoms with Crippen molar-refractivity contribution in [2.75, 3.05) is 0 Å². The number of nitrogens with two attached hydrogens (primary N) is 1. The number of hydrogen-bond acceptors (Lipinski definition) is 3. The quantitative estimate of drug-likeness (QED) is 0.929. The van der Waals surface area contributed by atoms with Crippen LogP contribution >= 0.6 is 0 Å². The van der Waals surface area contributed by atoms with Crippen molar-refractivity contribution in [1.29, 1.82) is 0 Å². The number of benzene rings is 1. The number of rotatable bonds is 3. The lowest BCUT2D eigenvalue weighted by Gasteiger charge is -2.32. The summed E-state index contributed by atoms with van der Waals surface area (Å²) in [7, 11) is 0. The van der Waals surface area contributed by atoms with Gasteiger partial charge < -0.3 is 15.2 Å². The van der Waals surface area contributed by atoms with Crippen LogP contribution in [0.25, 0.3) is 0 Å². The zero-order chi connectivity index (χ0) is 15.6. The van der Waals surface area contributed by atoms with Crippen molar-refractivity contribution >= 4 is 0 Å². The fourth-order valence-corrected chi connectivity index (χ4v) is 2.70. The van der Waals surface area contributed by atoms with Gasteiger partial charge in [-0.2, -0.15) is 13.2 Å². The van der Waals surface area contributed by atoms with Gasteiger partial charge in [0.05, 0.1) is 17.8 Å². The van der Waals surface area contributed by atoms with E-state index >= 15 is 0 Å². The molecule has 0 saturated carbocycles. The fraction of sp³-hybridized carbons (Fsp3) is 0.600. The molecule has 2 atom stereocenters. The molecule has 1 saturated heterocycles. The van der Waals surface area contributed by atoms with Gasteiger partial charge in [-0.25, -0.2) is 0 Å². The Morgan fingerprint density at radius 2 is 1.86 bits per heavy atom. The molecule has 1 aromatic rings. The topological polar surface area (TPSA) is 44.5 Å². The van der Waals surface area contributed by atoms with E-state index in [4.69, 9.17) is 15.2 Å². The molecule has 2 N–H and O–H groups in total. The van der Waals surface area contributed by atoms with Crippen LogP contribution in [-0.2, 0) is 17.5 Å². The molecule has 1 aliphatic rings. The van der Waals surface area contributed by atoms with Crippen LogP contribution in [0.5, 0.6) is 5.75 Å². The van der Waals surface area contributed by atoms with Crippen LogP contribution in [0.15, 0.2) is 18.2 Å². The zero-order valence-electron chi connectivity index (χ0n) is 12.1. The van der Waals surface area contributed by atoms with Gasteiger partial charge in [-0.3, -0.25) is 0 Å². The molecular formula is C15H20F3NO2. The first-order chi connectivity index (χ1) is 9.79. The van der Waals surface area contributed by atoms with E-state index in [1.54, 1.807) is 6.07 Å². The maximum atomic E-state index is 13.0. The third-order valence-corrected chi connectivity index (χ3v) is 3.56. The summed E-state index contributed by atoms with van der Waals surface area (Å²) in [5.74, 6) is 0.228. The normalized spacial score (nSPS) is 26.7. The van der Waals surface area contributed by atoms with E-state index in [0.717, 1.165) is 6.07 Å². The maximum absolute atomic E-state index is 13.0. The highest BCUT2D eigenvalue weighted by Gasteiger charge is 2.34. The molecule has 0 aromatic heterocycles. The van der Waals surface area contributed by atoms with Crippen molar-refractivity contribution in [1.82, 2.24) is 0 Å². The van der Waals surface area contributed by atoms with Crippen molar-refractivity contribution in [2.45, 2.75) is 57.7 Å². The molecule has 0 spiro atoms. The Hall–Kier alpha value is -1.27. The Labute approximate surface area is 122 Å². The molecule has 1 aromatic carbocycles. The van der Waals surface area contributed by atoms with Crippen LogP contribution in [0.2, 0.25) is 0 Å². The van der Waals surface area contributed by atoms with Gasteiger partial charge in [-0.1, -0.05) is 6.07 Å². The third-order valence-electron chi connectivity index (χ3n) is 3.56. The summed E-state index contributed by atoms with van der Waals surface area (Å²) in [4.78, 5) is 0. The minimum absolute atomic E-state index is 0.0455. The van der Waals surface area contributed by atoms with Gasteiger partial charge >= 0.3 is 6.18 Å². The van der Waals surface area contributed by atoms with E-state index in [-0.39, 0.29) is 36.2 Å². The molecule has 1 heterocycles. The Kier molecular flexibility index (Phi) is 4.78. The van der Waals surface area contributed by atoms with Crippen molar-refractivity contribution in [3.05, 3.63) is 29.3 Å². The van der Waals surface area contributed by atoms with Crippen molar-refractivity contribution in [3.63, 3.8) is 0 Å². The molecule has 2 rings (SSSR count). The van der Waals surface area contributed by atoms with Crippen LogP contribution in [0, 0.1) is 0 Å². The molecule has 118 valence electrons. The van der Waals surface area contributed by atoms with Gasteiger partial charge in [0.2, 0.25) is 0 Å². The highest BCUT2D eigenvalue weighted by Crippen LogP contribution is 2.35. The van der Waals surface area contributed by atoms with Crippen molar-refractivity contribution < 1.29 is 22.6 Å². The van der Waals surface area contributed by atoms with Crippen LogP contribution in [0.4, 0.5) is 13.2 Å². The monoisotopic (exact) mass is 303 g/mol. The molecule has 2 unspecified atom stereocenters. The van der Waals surface area contributed by atoms with E-state index in [0.29, 0.717) is 12.8 Å². The first kappa shape index (κ1) is 16.1. The van der Waals surface area contributed by atoms with Crippen molar-refractivity contribution in [3.8, 4) is 5.75 Å². The summed E-state index contributed by atoms with van der Waals surface area (Å²) < 4.78 is 50.3. The first-order valence-corrected chi connectivity index (χ1v) is 7.02. The van der Waals surface area contributed by atoms with Crippen molar-refractivity contribution in [2.24, 2.45) is 5.73 Å². The lowest BCUT2D eigenvalue weighted by atomic mass is 10.0. The molecular weight excluding hydrogens is 283 g/mol. The van der Waals surface area contributed by atoms with Gasteiger partial charge in [0.1, 0.15) is 11.9 Å².